The van der Waals surface area contributed by atoms with Crippen LogP contribution in [0.1, 0.15) is 12.5 Å². The van der Waals surface area contributed by atoms with E-state index in [1.54, 1.807) is 7.11 Å². The van der Waals surface area contributed by atoms with Crippen LogP contribution in [0.25, 0.3) is 0 Å². The summed E-state index contributed by atoms with van der Waals surface area (Å²) in [5, 5.41) is 7.68. The maximum atomic E-state index is 5.96. The predicted molar refractivity (Wildman–Crippen MR) is 100 cm³/mol. The number of hydrogen-bond acceptors (Lipinski definition) is 4. The largest absolute Gasteiger partial charge is 0.497 e. The van der Waals surface area contributed by atoms with Crippen molar-refractivity contribution < 1.29 is 4.74 Å². The van der Waals surface area contributed by atoms with E-state index < -0.39 is 0 Å². The molecule has 1 aliphatic heterocycles. The zero-order valence-corrected chi connectivity index (χ0v) is 14.8. The first-order valence-electron chi connectivity index (χ1n) is 8.11. The van der Waals surface area contributed by atoms with E-state index in [0.717, 1.165) is 48.2 Å². The van der Waals surface area contributed by atoms with Crippen LogP contribution < -0.4 is 9.64 Å². The van der Waals surface area contributed by atoms with Crippen molar-refractivity contribution in [2.75, 3.05) is 38.2 Å². The summed E-state index contributed by atoms with van der Waals surface area (Å²) in [5.41, 5.74) is 3.32. The number of anilines is 1. The van der Waals surface area contributed by atoms with Crippen molar-refractivity contribution in [3.05, 3.63) is 59.1 Å². The van der Waals surface area contributed by atoms with Crippen LogP contribution >= 0.6 is 11.6 Å². The fourth-order valence-electron chi connectivity index (χ4n) is 2.82. The molecule has 1 saturated heterocycles. The molecule has 0 spiro atoms. The van der Waals surface area contributed by atoms with Crippen LogP contribution in [0.2, 0.25) is 5.02 Å². The zero-order valence-electron chi connectivity index (χ0n) is 14.1. The Hall–Kier alpha value is -2.20. The van der Waals surface area contributed by atoms with E-state index in [4.69, 9.17) is 21.4 Å². The lowest BCUT2D eigenvalue weighted by Crippen LogP contribution is -2.44. The smallest absolute Gasteiger partial charge is 0.119 e. The molecule has 24 heavy (non-hydrogen) atoms. The van der Waals surface area contributed by atoms with Gasteiger partial charge in [0, 0.05) is 29.4 Å². The van der Waals surface area contributed by atoms with Crippen molar-refractivity contribution in [1.29, 1.82) is 0 Å². The summed E-state index contributed by atoms with van der Waals surface area (Å²) >= 11 is 5.96. The fourth-order valence-corrected chi connectivity index (χ4v) is 2.95. The Labute approximate surface area is 148 Å². The Morgan fingerprint density at radius 3 is 2.42 bits per heavy atom. The molecular formula is C19H22ClN3O. The summed E-state index contributed by atoms with van der Waals surface area (Å²) in [7, 11) is 1.68. The molecular weight excluding hydrogens is 322 g/mol. The van der Waals surface area contributed by atoms with Gasteiger partial charge in [-0.15, -0.1) is 0 Å². The van der Waals surface area contributed by atoms with Gasteiger partial charge in [-0.25, -0.2) is 0 Å². The quantitative estimate of drug-likeness (QED) is 0.788. The van der Waals surface area contributed by atoms with Gasteiger partial charge in [0.15, 0.2) is 0 Å². The second kappa shape index (κ2) is 7.58. The summed E-state index contributed by atoms with van der Waals surface area (Å²) in [5.74, 6) is 0.856. The lowest BCUT2D eigenvalue weighted by Gasteiger charge is -2.35. The average Bonchev–Trinajstić information content (AvgIpc) is 2.63. The summed E-state index contributed by atoms with van der Waals surface area (Å²) in [4.78, 5) is 2.36. The molecule has 4 nitrogen and oxygen atoms in total. The zero-order chi connectivity index (χ0) is 16.9. The van der Waals surface area contributed by atoms with Crippen LogP contribution in [0.15, 0.2) is 53.6 Å². The highest BCUT2D eigenvalue weighted by Gasteiger charge is 2.16. The summed E-state index contributed by atoms with van der Waals surface area (Å²) in [6, 6.07) is 16.0. The lowest BCUT2D eigenvalue weighted by atomic mass is 10.1. The molecule has 2 aromatic carbocycles. The molecule has 0 radical (unpaired) electrons. The Kier molecular flexibility index (Phi) is 5.26. The second-order valence-electron chi connectivity index (χ2n) is 5.83. The molecule has 3 rings (SSSR count). The number of rotatable bonds is 4. The minimum absolute atomic E-state index is 0.774. The molecule has 5 heteroatoms. The van der Waals surface area contributed by atoms with Crippen molar-refractivity contribution in [2.45, 2.75) is 6.92 Å². The first-order chi connectivity index (χ1) is 11.7. The Balaban J connectivity index is 1.62. The third kappa shape index (κ3) is 4.01. The van der Waals surface area contributed by atoms with Crippen molar-refractivity contribution >= 4 is 23.0 Å². The Bertz CT molecular complexity index is 707. The first kappa shape index (κ1) is 16.7. The second-order valence-corrected chi connectivity index (χ2v) is 6.27. The number of halogens is 1. The number of nitrogens with zero attached hydrogens (tertiary/aromatic N) is 3. The van der Waals surface area contributed by atoms with E-state index >= 15 is 0 Å². The molecule has 1 fully saturated rings. The van der Waals surface area contributed by atoms with Crippen molar-refractivity contribution in [3.63, 3.8) is 0 Å². The molecule has 0 atom stereocenters. The summed E-state index contributed by atoms with van der Waals surface area (Å²) < 4.78 is 5.28. The number of piperazine rings is 1. The first-order valence-corrected chi connectivity index (χ1v) is 8.48. The maximum absolute atomic E-state index is 5.96. The molecule has 1 heterocycles. The number of ether oxygens (including phenoxy) is 1. The van der Waals surface area contributed by atoms with Crippen LogP contribution in [0.5, 0.6) is 5.75 Å². The topological polar surface area (TPSA) is 28.1 Å². The van der Waals surface area contributed by atoms with Crippen molar-refractivity contribution in [2.24, 2.45) is 5.10 Å². The van der Waals surface area contributed by atoms with Crippen LogP contribution in [0.4, 0.5) is 5.69 Å². The van der Waals surface area contributed by atoms with Gasteiger partial charge in [0.1, 0.15) is 5.75 Å². The Morgan fingerprint density at radius 1 is 1.04 bits per heavy atom. The lowest BCUT2D eigenvalue weighted by molar-refractivity contribution is 0.270. The van der Waals surface area contributed by atoms with Gasteiger partial charge < -0.3 is 9.64 Å². The van der Waals surface area contributed by atoms with Crippen LogP contribution in [0, 0.1) is 0 Å². The number of hydrogen-bond donors (Lipinski definition) is 0. The highest BCUT2D eigenvalue weighted by atomic mass is 35.5. The van der Waals surface area contributed by atoms with Gasteiger partial charge in [-0.2, -0.15) is 5.10 Å². The summed E-state index contributed by atoms with van der Waals surface area (Å²) in [6.07, 6.45) is 0. The van der Waals surface area contributed by atoms with Gasteiger partial charge in [-0.05, 0) is 43.3 Å². The van der Waals surface area contributed by atoms with Crippen LogP contribution in [-0.4, -0.2) is 44.0 Å². The van der Waals surface area contributed by atoms with Crippen LogP contribution in [-0.2, 0) is 0 Å². The third-order valence-electron chi connectivity index (χ3n) is 4.23. The van der Waals surface area contributed by atoms with Gasteiger partial charge in [-0.1, -0.05) is 23.7 Å². The highest BCUT2D eigenvalue weighted by molar-refractivity contribution is 6.30. The molecule has 0 aromatic heterocycles. The number of benzene rings is 2. The van der Waals surface area contributed by atoms with E-state index in [1.807, 2.05) is 37.3 Å². The molecule has 0 unspecified atom stereocenters. The Morgan fingerprint density at radius 2 is 1.75 bits per heavy atom. The SMILES string of the molecule is COc1cccc(C(C)=NN2CCN(c3ccc(Cl)cc3)CC2)c1. The average molecular weight is 344 g/mol. The molecule has 2 aromatic rings. The number of methoxy groups -OCH3 is 1. The predicted octanol–water partition coefficient (Wildman–Crippen LogP) is 3.89. The van der Waals surface area contributed by atoms with Crippen molar-refractivity contribution in [3.8, 4) is 5.75 Å². The molecule has 0 saturated carbocycles. The van der Waals surface area contributed by atoms with E-state index in [2.05, 4.69) is 28.1 Å². The third-order valence-corrected chi connectivity index (χ3v) is 4.48. The molecule has 0 aliphatic carbocycles. The molecule has 1 aliphatic rings. The van der Waals surface area contributed by atoms with Gasteiger partial charge in [0.05, 0.1) is 25.9 Å². The van der Waals surface area contributed by atoms with Gasteiger partial charge in [-0.3, -0.25) is 5.01 Å². The van der Waals surface area contributed by atoms with Gasteiger partial charge in [0.25, 0.3) is 0 Å². The monoisotopic (exact) mass is 343 g/mol. The normalized spacial score (nSPS) is 15.5. The van der Waals surface area contributed by atoms with E-state index in [-0.39, 0.29) is 0 Å². The van der Waals surface area contributed by atoms with E-state index in [0.29, 0.717) is 0 Å². The minimum atomic E-state index is 0.774. The standard InChI is InChI=1S/C19H22ClN3O/c1-15(16-4-3-5-19(14-16)24-2)21-23-12-10-22(11-13-23)18-8-6-17(20)7-9-18/h3-9,14H,10-13H2,1-2H3. The molecule has 126 valence electrons. The van der Waals surface area contributed by atoms with Gasteiger partial charge in [0.2, 0.25) is 0 Å². The highest BCUT2D eigenvalue weighted by Crippen LogP contribution is 2.20. The molecule has 0 N–H and O–H groups in total. The van der Waals surface area contributed by atoms with E-state index in [9.17, 15) is 0 Å². The summed E-state index contributed by atoms with van der Waals surface area (Å²) in [6.45, 7) is 5.77. The van der Waals surface area contributed by atoms with Crippen LogP contribution in [0.3, 0.4) is 0 Å². The number of hydrazone groups is 1. The molecule has 0 amide bonds. The molecule has 0 bridgehead atoms. The van der Waals surface area contributed by atoms with Crippen molar-refractivity contribution in [1.82, 2.24) is 5.01 Å². The van der Waals surface area contributed by atoms with Gasteiger partial charge >= 0.3 is 0 Å². The minimum Gasteiger partial charge on any atom is -0.497 e. The van der Waals surface area contributed by atoms with E-state index in [1.165, 1.54) is 5.69 Å². The maximum Gasteiger partial charge on any atom is 0.119 e. The fraction of sp³-hybridized carbons (Fsp3) is 0.316.